The summed E-state index contributed by atoms with van der Waals surface area (Å²) in [5, 5.41) is 23.0. The van der Waals surface area contributed by atoms with E-state index in [2.05, 4.69) is 14.9 Å². The van der Waals surface area contributed by atoms with Crippen molar-refractivity contribution in [2.45, 2.75) is 24.2 Å². The number of halogens is 1. The van der Waals surface area contributed by atoms with Crippen LogP contribution in [0.2, 0.25) is 5.02 Å². The Morgan fingerprint density at radius 2 is 1.71 bits per heavy atom. The van der Waals surface area contributed by atoms with Crippen LogP contribution >= 0.6 is 11.6 Å². The zero-order valence-corrected chi connectivity index (χ0v) is 16.1. The summed E-state index contributed by atoms with van der Waals surface area (Å²) in [5.41, 5.74) is 0.776. The molecule has 6 heteroatoms. The van der Waals surface area contributed by atoms with Crippen LogP contribution in [0.1, 0.15) is 29.2 Å². The van der Waals surface area contributed by atoms with Gasteiger partial charge in [-0.25, -0.2) is 0 Å². The number of β-amino-alcohol motifs (C(OH)–C–C–N with tert-alkyl or cyclic N) is 1. The second-order valence-electron chi connectivity index (χ2n) is 7.14. The maximum atomic E-state index is 12.3. The van der Waals surface area contributed by atoms with Crippen molar-refractivity contribution in [3.8, 4) is 0 Å². The molecule has 3 aromatic rings. The SMILES string of the molecule is O[C@@H]1CCN(C(c2cccc(Cl)c2)C(O)(c2cccnc2)c2cccnc2)C1. The van der Waals surface area contributed by atoms with Gasteiger partial charge in [-0.2, -0.15) is 0 Å². The van der Waals surface area contributed by atoms with Gasteiger partial charge < -0.3 is 10.2 Å². The van der Waals surface area contributed by atoms with Gasteiger partial charge in [-0.15, -0.1) is 0 Å². The molecular weight excluding hydrogens is 374 g/mol. The molecule has 0 amide bonds. The van der Waals surface area contributed by atoms with Gasteiger partial charge in [0.25, 0.3) is 0 Å². The number of aliphatic hydroxyl groups is 2. The summed E-state index contributed by atoms with van der Waals surface area (Å²) in [7, 11) is 0. The number of hydrogen-bond donors (Lipinski definition) is 2. The zero-order valence-electron chi connectivity index (χ0n) is 15.3. The van der Waals surface area contributed by atoms with Gasteiger partial charge in [0.15, 0.2) is 0 Å². The molecular formula is C22H22ClN3O2. The van der Waals surface area contributed by atoms with Crippen molar-refractivity contribution in [3.05, 3.63) is 95.0 Å². The molecule has 28 heavy (non-hydrogen) atoms. The summed E-state index contributed by atoms with van der Waals surface area (Å²) in [6.45, 7) is 1.14. The number of aliphatic hydroxyl groups excluding tert-OH is 1. The van der Waals surface area contributed by atoms with Gasteiger partial charge in [0.1, 0.15) is 5.60 Å². The van der Waals surface area contributed by atoms with Crippen molar-refractivity contribution in [2.75, 3.05) is 13.1 Å². The summed E-state index contributed by atoms with van der Waals surface area (Å²) in [4.78, 5) is 10.6. The standard InChI is InChI=1S/C22H22ClN3O2/c23-19-7-1-4-16(12-19)21(26-11-8-20(27)15-26)22(28,17-5-2-9-24-13-17)18-6-3-10-25-14-18/h1-7,9-10,12-14,20-21,27-28H,8,11,15H2/t20-,21?/m1/s1. The second kappa shape index (κ2) is 7.97. The molecule has 1 aliphatic rings. The monoisotopic (exact) mass is 395 g/mol. The lowest BCUT2D eigenvalue weighted by Crippen LogP contribution is -2.44. The molecule has 0 aliphatic carbocycles. The summed E-state index contributed by atoms with van der Waals surface area (Å²) >= 11 is 6.29. The molecule has 1 aliphatic heterocycles. The fourth-order valence-electron chi connectivity index (χ4n) is 4.05. The number of benzene rings is 1. The van der Waals surface area contributed by atoms with Crippen molar-refractivity contribution in [3.63, 3.8) is 0 Å². The number of aromatic nitrogens is 2. The summed E-state index contributed by atoms with van der Waals surface area (Å²) in [5.74, 6) is 0. The van der Waals surface area contributed by atoms with Crippen LogP contribution in [0.3, 0.4) is 0 Å². The molecule has 0 radical (unpaired) electrons. The van der Waals surface area contributed by atoms with E-state index in [9.17, 15) is 10.2 Å². The van der Waals surface area contributed by atoms with Gasteiger partial charge in [0, 0.05) is 54.0 Å². The maximum absolute atomic E-state index is 12.3. The van der Waals surface area contributed by atoms with Crippen molar-refractivity contribution in [1.82, 2.24) is 14.9 Å². The minimum Gasteiger partial charge on any atom is -0.392 e. The van der Waals surface area contributed by atoms with E-state index in [-0.39, 0.29) is 0 Å². The molecule has 0 bridgehead atoms. The van der Waals surface area contributed by atoms with Crippen LogP contribution in [-0.4, -0.2) is 44.3 Å². The lowest BCUT2D eigenvalue weighted by molar-refractivity contribution is -0.0189. The molecule has 2 aromatic heterocycles. The van der Waals surface area contributed by atoms with E-state index in [1.807, 2.05) is 48.5 Å². The lowest BCUT2D eigenvalue weighted by Gasteiger charge is -2.42. The van der Waals surface area contributed by atoms with Crippen LogP contribution in [0.4, 0.5) is 0 Å². The van der Waals surface area contributed by atoms with Gasteiger partial charge in [-0.1, -0.05) is 35.9 Å². The zero-order chi connectivity index (χ0) is 19.6. The highest BCUT2D eigenvalue weighted by Gasteiger charge is 2.46. The highest BCUT2D eigenvalue weighted by molar-refractivity contribution is 6.30. The van der Waals surface area contributed by atoms with E-state index in [0.717, 1.165) is 5.56 Å². The van der Waals surface area contributed by atoms with Gasteiger partial charge >= 0.3 is 0 Å². The number of likely N-dealkylation sites (tertiary alicyclic amines) is 1. The molecule has 2 atom stereocenters. The third kappa shape index (κ3) is 3.54. The molecule has 3 heterocycles. The molecule has 1 unspecified atom stereocenters. The Morgan fingerprint density at radius 3 is 2.21 bits per heavy atom. The molecule has 144 valence electrons. The molecule has 4 rings (SSSR count). The summed E-state index contributed by atoms with van der Waals surface area (Å²) in [6, 6.07) is 14.4. The van der Waals surface area contributed by atoms with Crippen molar-refractivity contribution < 1.29 is 10.2 Å². The van der Waals surface area contributed by atoms with E-state index in [4.69, 9.17) is 11.6 Å². The minimum atomic E-state index is -1.42. The Kier molecular flexibility index (Phi) is 5.42. The first-order chi connectivity index (χ1) is 13.6. The first kappa shape index (κ1) is 19.0. The maximum Gasteiger partial charge on any atom is 0.137 e. The average molecular weight is 396 g/mol. The number of pyridine rings is 2. The van der Waals surface area contributed by atoms with E-state index in [0.29, 0.717) is 35.7 Å². The topological polar surface area (TPSA) is 69.5 Å². The Bertz CT molecular complexity index is 884. The molecule has 5 nitrogen and oxygen atoms in total. The lowest BCUT2D eigenvalue weighted by atomic mass is 9.77. The van der Waals surface area contributed by atoms with Gasteiger partial charge in [0.2, 0.25) is 0 Å². The fraction of sp³-hybridized carbons (Fsp3) is 0.273. The van der Waals surface area contributed by atoms with E-state index >= 15 is 0 Å². The van der Waals surface area contributed by atoms with Crippen LogP contribution in [-0.2, 0) is 5.60 Å². The second-order valence-corrected chi connectivity index (χ2v) is 7.58. The summed E-state index contributed by atoms with van der Waals surface area (Å²) in [6.07, 6.45) is 6.96. The van der Waals surface area contributed by atoms with E-state index in [1.54, 1.807) is 24.8 Å². The third-order valence-corrected chi connectivity index (χ3v) is 5.56. The molecule has 2 N–H and O–H groups in total. The highest BCUT2D eigenvalue weighted by Crippen LogP contribution is 2.45. The normalized spacial score (nSPS) is 18.9. The Hall–Kier alpha value is -2.31. The highest BCUT2D eigenvalue weighted by atomic mass is 35.5. The quantitative estimate of drug-likeness (QED) is 0.694. The van der Waals surface area contributed by atoms with Crippen LogP contribution in [0, 0.1) is 0 Å². The molecule has 0 spiro atoms. The van der Waals surface area contributed by atoms with Gasteiger partial charge in [-0.3, -0.25) is 14.9 Å². The first-order valence-electron chi connectivity index (χ1n) is 9.30. The van der Waals surface area contributed by atoms with Gasteiger partial charge in [0.05, 0.1) is 12.1 Å². The van der Waals surface area contributed by atoms with Crippen LogP contribution in [0.5, 0.6) is 0 Å². The summed E-state index contributed by atoms with van der Waals surface area (Å²) < 4.78 is 0. The molecule has 1 fully saturated rings. The predicted molar refractivity (Wildman–Crippen MR) is 108 cm³/mol. The average Bonchev–Trinajstić information content (AvgIpc) is 3.15. The predicted octanol–water partition coefficient (Wildman–Crippen LogP) is 3.17. The van der Waals surface area contributed by atoms with Crippen LogP contribution in [0.15, 0.2) is 73.3 Å². The fourth-order valence-corrected chi connectivity index (χ4v) is 4.25. The largest absolute Gasteiger partial charge is 0.392 e. The first-order valence-corrected chi connectivity index (χ1v) is 9.68. The molecule has 1 aromatic carbocycles. The number of hydrogen-bond acceptors (Lipinski definition) is 5. The third-order valence-electron chi connectivity index (χ3n) is 5.32. The number of rotatable bonds is 5. The van der Waals surface area contributed by atoms with E-state index < -0.39 is 17.7 Å². The van der Waals surface area contributed by atoms with Crippen LogP contribution < -0.4 is 0 Å². The van der Waals surface area contributed by atoms with Crippen molar-refractivity contribution in [2.24, 2.45) is 0 Å². The molecule has 0 saturated carbocycles. The minimum absolute atomic E-state index is 0.422. The van der Waals surface area contributed by atoms with Crippen molar-refractivity contribution >= 4 is 11.6 Å². The van der Waals surface area contributed by atoms with Gasteiger partial charge in [-0.05, 0) is 36.2 Å². The Labute approximate surface area is 169 Å². The van der Waals surface area contributed by atoms with Crippen molar-refractivity contribution in [1.29, 1.82) is 0 Å². The smallest absolute Gasteiger partial charge is 0.137 e. The Morgan fingerprint density at radius 1 is 1.04 bits per heavy atom. The van der Waals surface area contributed by atoms with Crippen LogP contribution in [0.25, 0.3) is 0 Å². The Balaban J connectivity index is 1.94. The number of nitrogens with zero attached hydrogens (tertiary/aromatic N) is 3. The molecule has 1 saturated heterocycles. The van der Waals surface area contributed by atoms with E-state index in [1.165, 1.54) is 0 Å².